The molecule has 0 saturated carbocycles. The van der Waals surface area contributed by atoms with Gasteiger partial charge >= 0.3 is 36.8 Å². The van der Waals surface area contributed by atoms with Gasteiger partial charge in [0.15, 0.2) is 0 Å². The minimum atomic E-state index is -1.26. The predicted octanol–water partition coefficient (Wildman–Crippen LogP) is -1.32. The fourth-order valence-corrected chi connectivity index (χ4v) is 1.72. The lowest BCUT2D eigenvalue weighted by Crippen LogP contribution is -2.33. The quantitative estimate of drug-likeness (QED) is 0.168. The lowest BCUT2D eigenvalue weighted by molar-refractivity contribution is -0.256. The van der Waals surface area contributed by atoms with Gasteiger partial charge in [-0.25, -0.2) is 4.79 Å². The third-order valence-corrected chi connectivity index (χ3v) is 3.01. The Bertz CT molecular complexity index is 639. The summed E-state index contributed by atoms with van der Waals surface area (Å²) in [5, 5.41) is 8.51. The number of methoxy groups -OCH3 is 4. The van der Waals surface area contributed by atoms with Gasteiger partial charge in [-0.05, 0) is 0 Å². The van der Waals surface area contributed by atoms with Crippen LogP contribution in [0.5, 0.6) is 0 Å². The van der Waals surface area contributed by atoms with Crippen LogP contribution in [0.4, 0.5) is 0 Å². The van der Waals surface area contributed by atoms with Gasteiger partial charge in [0.05, 0.1) is 0 Å². The maximum absolute atomic E-state index is 11.3. The van der Waals surface area contributed by atoms with E-state index in [1.165, 1.54) is 28.4 Å². The van der Waals surface area contributed by atoms with Gasteiger partial charge in [0, 0.05) is 41.3 Å². The van der Waals surface area contributed by atoms with Crippen LogP contribution >= 0.6 is 0 Å². The molecule has 0 aliphatic carbocycles. The zero-order valence-corrected chi connectivity index (χ0v) is 17.2. The molecular weight excluding hydrogens is 430 g/mol. The summed E-state index contributed by atoms with van der Waals surface area (Å²) < 4.78 is 27.1. The van der Waals surface area contributed by atoms with E-state index in [0.717, 1.165) is 0 Å². The van der Waals surface area contributed by atoms with Crippen LogP contribution in [-0.2, 0) is 62.0 Å². The standard InChI is InChI=1S/C10H13NO8.C6H10O6/c1-16-10(17-2)18-8(14)5-9(15)19-11-6(12)3-4-7(11)13;1-10-6(11-2)12-5(9)3-4(7)8/h10H,3-5H2,1-2H3;6H,3H2,1-2H3,(H,7,8). The van der Waals surface area contributed by atoms with Crippen molar-refractivity contribution in [3.05, 3.63) is 0 Å². The van der Waals surface area contributed by atoms with E-state index < -0.39 is 61.5 Å². The molecule has 1 aliphatic heterocycles. The van der Waals surface area contributed by atoms with Crippen molar-refractivity contribution in [2.24, 2.45) is 0 Å². The minimum absolute atomic E-state index is 0.0218. The molecule has 0 aromatic heterocycles. The van der Waals surface area contributed by atoms with Crippen molar-refractivity contribution in [3.8, 4) is 0 Å². The van der Waals surface area contributed by atoms with Gasteiger partial charge in [0.25, 0.3) is 11.8 Å². The van der Waals surface area contributed by atoms with Crippen molar-refractivity contribution in [3.63, 3.8) is 0 Å². The SMILES string of the molecule is COC(OC)OC(=O)CC(=O)O.COC(OC)OC(=O)CC(=O)ON1C(=O)CCC1=O. The van der Waals surface area contributed by atoms with E-state index in [-0.39, 0.29) is 12.8 Å². The van der Waals surface area contributed by atoms with Gasteiger partial charge in [-0.1, -0.05) is 0 Å². The van der Waals surface area contributed by atoms with Crippen LogP contribution < -0.4 is 0 Å². The second-order valence-electron chi connectivity index (χ2n) is 5.29. The molecule has 15 heteroatoms. The van der Waals surface area contributed by atoms with Gasteiger partial charge in [-0.2, -0.15) is 0 Å². The van der Waals surface area contributed by atoms with Gasteiger partial charge in [-0.15, -0.1) is 5.06 Å². The number of esters is 2. The number of carbonyl (C=O) groups excluding carboxylic acids is 5. The van der Waals surface area contributed by atoms with Crippen LogP contribution in [0.2, 0.25) is 0 Å². The monoisotopic (exact) mass is 453 g/mol. The number of nitrogens with zero attached hydrogens (tertiary/aromatic N) is 1. The van der Waals surface area contributed by atoms with Crippen LogP contribution in [0.15, 0.2) is 0 Å². The Kier molecular flexibility index (Phi) is 13.3. The Morgan fingerprint density at radius 3 is 1.52 bits per heavy atom. The summed E-state index contributed by atoms with van der Waals surface area (Å²) >= 11 is 0. The molecular formula is C16H23NO14. The molecule has 0 aromatic carbocycles. The lowest BCUT2D eigenvalue weighted by atomic mass is 10.4. The second-order valence-corrected chi connectivity index (χ2v) is 5.29. The molecule has 0 unspecified atom stereocenters. The van der Waals surface area contributed by atoms with E-state index in [1.807, 2.05) is 0 Å². The third-order valence-electron chi connectivity index (χ3n) is 3.01. The molecule has 15 nitrogen and oxygen atoms in total. The Hall–Kier alpha value is -3.14. The Morgan fingerprint density at radius 1 is 0.774 bits per heavy atom. The number of amides is 2. The molecule has 0 spiro atoms. The van der Waals surface area contributed by atoms with Crippen molar-refractivity contribution >= 4 is 35.7 Å². The number of hydrogen-bond acceptors (Lipinski definition) is 13. The van der Waals surface area contributed by atoms with E-state index in [0.29, 0.717) is 5.06 Å². The molecule has 0 bridgehead atoms. The molecule has 1 saturated heterocycles. The van der Waals surface area contributed by atoms with Crippen LogP contribution in [0.3, 0.4) is 0 Å². The number of aliphatic carboxylic acids is 1. The summed E-state index contributed by atoms with van der Waals surface area (Å²) in [5.74, 6) is -5.48. The summed E-state index contributed by atoms with van der Waals surface area (Å²) in [6, 6.07) is 0. The van der Waals surface area contributed by atoms with Crippen molar-refractivity contribution in [2.75, 3.05) is 28.4 Å². The second kappa shape index (κ2) is 14.8. The van der Waals surface area contributed by atoms with Crippen molar-refractivity contribution in [1.29, 1.82) is 0 Å². The maximum Gasteiger partial charge on any atom is 0.344 e. The normalized spacial score (nSPS) is 13.0. The molecule has 2 amide bonds. The highest BCUT2D eigenvalue weighted by Gasteiger charge is 2.33. The largest absolute Gasteiger partial charge is 0.481 e. The van der Waals surface area contributed by atoms with Gasteiger partial charge in [0.2, 0.25) is 0 Å². The third kappa shape index (κ3) is 11.6. The van der Waals surface area contributed by atoms with E-state index in [9.17, 15) is 28.8 Å². The predicted molar refractivity (Wildman–Crippen MR) is 91.8 cm³/mol. The lowest BCUT2D eigenvalue weighted by Gasteiger charge is -2.14. The van der Waals surface area contributed by atoms with Crippen molar-refractivity contribution < 1.29 is 67.1 Å². The van der Waals surface area contributed by atoms with Gasteiger partial charge in [0.1, 0.15) is 12.8 Å². The molecule has 1 N–H and O–H groups in total. The van der Waals surface area contributed by atoms with Crippen molar-refractivity contribution in [1.82, 2.24) is 5.06 Å². The van der Waals surface area contributed by atoms with Crippen molar-refractivity contribution in [2.45, 2.75) is 38.6 Å². The maximum atomic E-state index is 11.3. The molecule has 0 radical (unpaired) electrons. The zero-order chi connectivity index (χ0) is 24.0. The highest BCUT2D eigenvalue weighted by atomic mass is 16.9. The molecule has 31 heavy (non-hydrogen) atoms. The number of carboxylic acids is 1. The Morgan fingerprint density at radius 2 is 1.16 bits per heavy atom. The van der Waals surface area contributed by atoms with Gasteiger partial charge in [-0.3, -0.25) is 24.0 Å². The van der Waals surface area contributed by atoms with E-state index >= 15 is 0 Å². The molecule has 1 rings (SSSR count). The first-order valence-corrected chi connectivity index (χ1v) is 8.36. The van der Waals surface area contributed by atoms with Crippen LogP contribution in [0, 0.1) is 0 Å². The average molecular weight is 453 g/mol. The molecule has 1 aliphatic rings. The average Bonchev–Trinajstić information content (AvgIpc) is 3.02. The van der Waals surface area contributed by atoms with Crippen LogP contribution in [0.25, 0.3) is 0 Å². The first-order valence-electron chi connectivity index (χ1n) is 8.36. The molecule has 0 aromatic rings. The Balaban J connectivity index is 0.000000649. The zero-order valence-electron chi connectivity index (χ0n) is 17.2. The number of imide groups is 1. The summed E-state index contributed by atoms with van der Waals surface area (Å²) in [6.45, 7) is -2.38. The number of hydroxylamine groups is 2. The van der Waals surface area contributed by atoms with Crippen LogP contribution in [-0.4, -0.2) is 87.3 Å². The summed E-state index contributed by atoms with van der Waals surface area (Å²) in [5.41, 5.74) is 0. The highest BCUT2D eigenvalue weighted by molar-refractivity contribution is 6.02. The highest BCUT2D eigenvalue weighted by Crippen LogP contribution is 2.12. The van der Waals surface area contributed by atoms with Crippen LogP contribution in [0.1, 0.15) is 25.7 Å². The first kappa shape index (κ1) is 27.9. The summed E-state index contributed by atoms with van der Waals surface area (Å²) in [4.78, 5) is 69.9. The number of rotatable bonds is 11. The van der Waals surface area contributed by atoms with E-state index in [2.05, 4.69) is 33.3 Å². The Labute approximate surface area is 175 Å². The fourth-order valence-electron chi connectivity index (χ4n) is 1.72. The molecule has 1 fully saturated rings. The van der Waals surface area contributed by atoms with Gasteiger partial charge < -0.3 is 38.4 Å². The number of carbonyl (C=O) groups is 6. The smallest absolute Gasteiger partial charge is 0.344 e. The number of ether oxygens (including phenoxy) is 6. The number of carboxylic acid groups (broad SMARTS) is 1. The fraction of sp³-hybridized carbons (Fsp3) is 0.625. The van der Waals surface area contributed by atoms with E-state index in [4.69, 9.17) is 5.11 Å². The van der Waals surface area contributed by atoms with E-state index in [1.54, 1.807) is 0 Å². The first-order chi connectivity index (χ1) is 14.6. The minimum Gasteiger partial charge on any atom is -0.481 e. The molecule has 1 heterocycles. The molecule has 176 valence electrons. The molecule has 0 atom stereocenters. The summed E-state index contributed by atoms with van der Waals surface area (Å²) in [7, 11) is 5.01. The number of hydrogen-bond donors (Lipinski definition) is 1. The summed E-state index contributed by atoms with van der Waals surface area (Å²) in [6.07, 6.45) is -1.53. The topological polar surface area (TPSA) is 190 Å².